The molecule has 2 heterocycles. The quantitative estimate of drug-likeness (QED) is 0.567. The number of rotatable bonds is 5. The summed E-state index contributed by atoms with van der Waals surface area (Å²) in [7, 11) is 3.12. The standard InChI is InChI=1S/C21H24N2O5/c1-27-17-8-7-13(9-18(17)28-2)10-19(24)22-11-14(12-22)23-20(25)15-5-3-4-6-16(15)21(23)26/h3-4,7-9,14-16H,5-6,10-12H2,1-2H3. The van der Waals surface area contributed by atoms with Crippen molar-refractivity contribution in [1.29, 1.82) is 0 Å². The van der Waals surface area contributed by atoms with Gasteiger partial charge in [-0.2, -0.15) is 0 Å². The van der Waals surface area contributed by atoms with Gasteiger partial charge in [-0.3, -0.25) is 19.3 Å². The van der Waals surface area contributed by atoms with Crippen molar-refractivity contribution in [3.05, 3.63) is 35.9 Å². The van der Waals surface area contributed by atoms with Gasteiger partial charge in [-0.15, -0.1) is 0 Å². The number of carbonyl (C=O) groups is 3. The van der Waals surface area contributed by atoms with Crippen LogP contribution >= 0.6 is 0 Å². The first-order valence-electron chi connectivity index (χ1n) is 9.54. The molecule has 4 rings (SSSR count). The van der Waals surface area contributed by atoms with Crippen LogP contribution in [0.2, 0.25) is 0 Å². The molecular formula is C21H24N2O5. The van der Waals surface area contributed by atoms with Crippen LogP contribution in [0.1, 0.15) is 18.4 Å². The van der Waals surface area contributed by atoms with Crippen molar-refractivity contribution in [2.24, 2.45) is 11.8 Å². The van der Waals surface area contributed by atoms with Crippen LogP contribution in [-0.2, 0) is 20.8 Å². The number of ether oxygens (including phenoxy) is 2. The topological polar surface area (TPSA) is 76.2 Å². The lowest BCUT2D eigenvalue weighted by Gasteiger charge is -2.43. The average Bonchev–Trinajstić information content (AvgIpc) is 2.92. The molecule has 148 valence electrons. The number of imide groups is 1. The van der Waals surface area contributed by atoms with Gasteiger partial charge in [-0.05, 0) is 30.5 Å². The SMILES string of the molecule is COc1ccc(CC(=O)N2CC(N3C(=O)C4CC=CCC4C3=O)C2)cc1OC. The summed E-state index contributed by atoms with van der Waals surface area (Å²) in [6.07, 6.45) is 5.48. The molecule has 0 aromatic heterocycles. The molecule has 2 fully saturated rings. The second kappa shape index (κ2) is 7.30. The van der Waals surface area contributed by atoms with E-state index in [2.05, 4.69) is 0 Å². The van der Waals surface area contributed by atoms with Gasteiger partial charge in [0, 0.05) is 13.1 Å². The zero-order valence-electron chi connectivity index (χ0n) is 16.1. The molecule has 1 aliphatic carbocycles. The summed E-state index contributed by atoms with van der Waals surface area (Å²) in [4.78, 5) is 40.9. The lowest BCUT2D eigenvalue weighted by Crippen LogP contribution is -2.62. The van der Waals surface area contributed by atoms with Crippen molar-refractivity contribution in [2.45, 2.75) is 25.3 Å². The van der Waals surface area contributed by atoms with Gasteiger partial charge in [0.2, 0.25) is 17.7 Å². The van der Waals surface area contributed by atoms with Crippen LogP contribution in [0, 0.1) is 11.8 Å². The van der Waals surface area contributed by atoms with Gasteiger partial charge in [0.15, 0.2) is 11.5 Å². The molecule has 0 radical (unpaired) electrons. The summed E-state index contributed by atoms with van der Waals surface area (Å²) in [5.41, 5.74) is 0.830. The molecule has 0 spiro atoms. The van der Waals surface area contributed by atoms with E-state index in [1.807, 2.05) is 18.2 Å². The first-order chi connectivity index (χ1) is 13.5. The molecule has 0 saturated carbocycles. The first-order valence-corrected chi connectivity index (χ1v) is 9.54. The van der Waals surface area contributed by atoms with E-state index < -0.39 is 0 Å². The minimum absolute atomic E-state index is 0.0263. The highest BCUT2D eigenvalue weighted by atomic mass is 16.5. The predicted octanol–water partition coefficient (Wildman–Crippen LogP) is 1.41. The van der Waals surface area contributed by atoms with Gasteiger partial charge in [-0.1, -0.05) is 18.2 Å². The van der Waals surface area contributed by atoms with Crippen molar-refractivity contribution in [3.8, 4) is 11.5 Å². The summed E-state index contributed by atoms with van der Waals surface area (Å²) in [5.74, 6) is 0.598. The number of benzene rings is 1. The number of hydrogen-bond acceptors (Lipinski definition) is 5. The molecule has 2 saturated heterocycles. The normalized spacial score (nSPS) is 24.2. The highest BCUT2D eigenvalue weighted by Gasteiger charge is 2.52. The Kier molecular flexibility index (Phi) is 4.83. The Hall–Kier alpha value is -2.83. The number of methoxy groups -OCH3 is 2. The maximum atomic E-state index is 12.6. The molecule has 3 aliphatic rings. The molecule has 7 nitrogen and oxygen atoms in total. The minimum atomic E-state index is -0.214. The van der Waals surface area contributed by atoms with Crippen molar-refractivity contribution >= 4 is 17.7 Å². The molecular weight excluding hydrogens is 360 g/mol. The molecule has 2 unspecified atom stereocenters. The van der Waals surface area contributed by atoms with Crippen LogP contribution in [0.4, 0.5) is 0 Å². The van der Waals surface area contributed by atoms with E-state index in [1.165, 1.54) is 4.90 Å². The minimum Gasteiger partial charge on any atom is -0.493 e. The predicted molar refractivity (Wildman–Crippen MR) is 101 cm³/mol. The number of likely N-dealkylation sites (tertiary alicyclic amines) is 2. The molecule has 7 heteroatoms. The molecule has 2 aliphatic heterocycles. The number of allylic oxidation sites excluding steroid dienone is 2. The Morgan fingerprint density at radius 2 is 1.61 bits per heavy atom. The van der Waals surface area contributed by atoms with Gasteiger partial charge in [-0.25, -0.2) is 0 Å². The lowest BCUT2D eigenvalue weighted by atomic mass is 9.85. The van der Waals surface area contributed by atoms with E-state index >= 15 is 0 Å². The fourth-order valence-corrected chi connectivity index (χ4v) is 4.29. The maximum absolute atomic E-state index is 12.6. The highest BCUT2D eigenvalue weighted by molar-refractivity contribution is 6.06. The third-order valence-corrected chi connectivity index (χ3v) is 5.93. The van der Waals surface area contributed by atoms with Gasteiger partial charge in [0.25, 0.3) is 0 Å². The Bertz CT molecular complexity index is 817. The summed E-state index contributed by atoms with van der Waals surface area (Å²) in [6, 6.07) is 5.21. The summed E-state index contributed by atoms with van der Waals surface area (Å²) in [5, 5.41) is 0. The number of fused-ring (bicyclic) bond motifs is 1. The molecule has 3 amide bonds. The zero-order chi connectivity index (χ0) is 19.8. The van der Waals surface area contributed by atoms with Crippen LogP contribution in [0.25, 0.3) is 0 Å². The largest absolute Gasteiger partial charge is 0.493 e. The summed E-state index contributed by atoms with van der Waals surface area (Å²) >= 11 is 0. The van der Waals surface area contributed by atoms with Gasteiger partial charge in [0.1, 0.15) is 0 Å². The number of nitrogens with zero attached hydrogens (tertiary/aromatic N) is 2. The fourth-order valence-electron chi connectivity index (χ4n) is 4.29. The van der Waals surface area contributed by atoms with Gasteiger partial charge < -0.3 is 14.4 Å². The average molecular weight is 384 g/mol. The van der Waals surface area contributed by atoms with Crippen molar-refractivity contribution in [1.82, 2.24) is 9.80 Å². The molecule has 0 bridgehead atoms. The van der Waals surface area contributed by atoms with Crippen LogP contribution in [0.3, 0.4) is 0 Å². The van der Waals surface area contributed by atoms with Gasteiger partial charge >= 0.3 is 0 Å². The van der Waals surface area contributed by atoms with E-state index in [1.54, 1.807) is 31.3 Å². The van der Waals surface area contributed by atoms with E-state index in [0.29, 0.717) is 37.4 Å². The van der Waals surface area contributed by atoms with E-state index in [-0.39, 0.29) is 42.0 Å². The monoisotopic (exact) mass is 384 g/mol. The van der Waals surface area contributed by atoms with E-state index in [0.717, 1.165) is 5.56 Å². The molecule has 2 atom stereocenters. The van der Waals surface area contributed by atoms with E-state index in [9.17, 15) is 14.4 Å². The highest BCUT2D eigenvalue weighted by Crippen LogP contribution is 2.37. The van der Waals surface area contributed by atoms with Gasteiger partial charge in [0.05, 0.1) is 38.5 Å². The van der Waals surface area contributed by atoms with Crippen molar-refractivity contribution in [2.75, 3.05) is 27.3 Å². The summed E-state index contributed by atoms with van der Waals surface area (Å²) < 4.78 is 10.5. The van der Waals surface area contributed by atoms with Crippen LogP contribution in [0.5, 0.6) is 11.5 Å². The molecule has 1 aromatic carbocycles. The van der Waals surface area contributed by atoms with E-state index in [4.69, 9.17) is 9.47 Å². The second-order valence-corrected chi connectivity index (χ2v) is 7.52. The Labute approximate surface area is 163 Å². The maximum Gasteiger partial charge on any atom is 0.233 e. The zero-order valence-corrected chi connectivity index (χ0v) is 16.1. The Morgan fingerprint density at radius 1 is 1.00 bits per heavy atom. The second-order valence-electron chi connectivity index (χ2n) is 7.52. The number of amides is 3. The Morgan fingerprint density at radius 3 is 2.18 bits per heavy atom. The Balaban J connectivity index is 1.36. The number of hydrogen-bond donors (Lipinski definition) is 0. The summed E-state index contributed by atoms with van der Waals surface area (Å²) in [6.45, 7) is 0.826. The molecule has 1 aromatic rings. The first kappa shape index (κ1) is 18.5. The third kappa shape index (κ3) is 3.04. The van der Waals surface area contributed by atoms with Crippen molar-refractivity contribution in [3.63, 3.8) is 0 Å². The van der Waals surface area contributed by atoms with Crippen molar-refractivity contribution < 1.29 is 23.9 Å². The van der Waals surface area contributed by atoms with Crippen LogP contribution < -0.4 is 9.47 Å². The number of carbonyl (C=O) groups excluding carboxylic acids is 3. The molecule has 0 N–H and O–H groups in total. The lowest BCUT2D eigenvalue weighted by molar-refractivity contribution is -0.152. The molecule has 28 heavy (non-hydrogen) atoms. The van der Waals surface area contributed by atoms with Crippen LogP contribution in [0.15, 0.2) is 30.4 Å². The van der Waals surface area contributed by atoms with Crippen LogP contribution in [-0.4, -0.2) is 60.9 Å². The smallest absolute Gasteiger partial charge is 0.233 e. The third-order valence-electron chi connectivity index (χ3n) is 5.93. The fraction of sp³-hybridized carbons (Fsp3) is 0.476.